The molecule has 122 valence electrons. The third kappa shape index (κ3) is 3.72. The first-order chi connectivity index (χ1) is 11.1. The summed E-state index contributed by atoms with van der Waals surface area (Å²) < 4.78 is 1.22. The second-order valence-electron chi connectivity index (χ2n) is 6.40. The molecule has 3 heteroatoms. The van der Waals surface area contributed by atoms with E-state index in [2.05, 4.69) is 71.6 Å². The molecule has 0 unspecified atom stereocenters. The minimum atomic E-state index is 0.709. The van der Waals surface area contributed by atoms with Crippen molar-refractivity contribution in [3.63, 3.8) is 0 Å². The first-order valence-corrected chi connectivity index (χ1v) is 9.98. The van der Waals surface area contributed by atoms with Gasteiger partial charge in [-0.25, -0.2) is 0 Å². The molecule has 1 fully saturated rings. The molecule has 3 rings (SSSR count). The van der Waals surface area contributed by atoms with E-state index in [1.165, 1.54) is 43.9 Å². The molecule has 0 spiro atoms. The van der Waals surface area contributed by atoms with Gasteiger partial charge >= 0.3 is 0 Å². The van der Waals surface area contributed by atoms with Gasteiger partial charge in [0.25, 0.3) is 0 Å². The molecule has 23 heavy (non-hydrogen) atoms. The lowest BCUT2D eigenvalue weighted by atomic mass is 9.91. The Morgan fingerprint density at radius 3 is 2.48 bits per heavy atom. The monoisotopic (exact) mass is 389 g/mol. The van der Waals surface area contributed by atoms with Crippen molar-refractivity contribution in [3.8, 4) is 11.1 Å². The lowest BCUT2D eigenvalue weighted by Gasteiger charge is -2.34. The van der Waals surface area contributed by atoms with E-state index in [0.29, 0.717) is 5.92 Å². The van der Waals surface area contributed by atoms with Crippen molar-refractivity contribution >= 4 is 33.0 Å². The summed E-state index contributed by atoms with van der Waals surface area (Å²) >= 11 is 5.46. The quantitative estimate of drug-likeness (QED) is 0.536. The Kier molecular flexibility index (Phi) is 5.27. The number of aryl methyl sites for hydroxylation is 1. The summed E-state index contributed by atoms with van der Waals surface area (Å²) in [6.45, 7) is 10.8. The number of allylic oxidation sites excluding steroid dienone is 1. The van der Waals surface area contributed by atoms with Crippen LogP contribution in [-0.2, 0) is 6.42 Å². The minimum absolute atomic E-state index is 0.709. The largest absolute Gasteiger partial charge is 0.371 e. The van der Waals surface area contributed by atoms with Crippen molar-refractivity contribution in [3.05, 3.63) is 51.1 Å². The number of hydrogen-bond acceptors (Lipinski definition) is 2. The fourth-order valence-corrected chi connectivity index (χ4v) is 5.04. The number of nitrogens with zero attached hydrogens (tertiary/aromatic N) is 1. The van der Waals surface area contributed by atoms with E-state index < -0.39 is 0 Å². The van der Waals surface area contributed by atoms with Crippen LogP contribution < -0.4 is 4.90 Å². The van der Waals surface area contributed by atoms with Gasteiger partial charge in [-0.05, 0) is 77.4 Å². The van der Waals surface area contributed by atoms with Crippen LogP contribution in [-0.4, -0.2) is 13.1 Å². The van der Waals surface area contributed by atoms with Crippen molar-refractivity contribution in [2.75, 3.05) is 18.0 Å². The molecule has 2 heterocycles. The Bertz CT molecular complexity index is 678. The Morgan fingerprint density at radius 1 is 1.26 bits per heavy atom. The average molecular weight is 390 g/mol. The Labute approximate surface area is 152 Å². The van der Waals surface area contributed by atoms with Crippen molar-refractivity contribution < 1.29 is 0 Å². The van der Waals surface area contributed by atoms with Gasteiger partial charge in [-0.2, -0.15) is 0 Å². The van der Waals surface area contributed by atoms with E-state index in [1.54, 1.807) is 0 Å². The Morgan fingerprint density at radius 2 is 1.91 bits per heavy atom. The summed E-state index contributed by atoms with van der Waals surface area (Å²) in [5.74, 6) is 0.709. The van der Waals surface area contributed by atoms with Crippen LogP contribution in [0, 0.1) is 5.92 Å². The van der Waals surface area contributed by atoms with Gasteiger partial charge < -0.3 is 4.90 Å². The molecular formula is C20H24BrNS. The fraction of sp³-hybridized carbons (Fsp3) is 0.400. The lowest BCUT2D eigenvalue weighted by molar-refractivity contribution is 0.459. The third-order valence-electron chi connectivity index (χ3n) is 4.84. The van der Waals surface area contributed by atoms with Crippen molar-refractivity contribution in [2.45, 2.75) is 33.1 Å². The van der Waals surface area contributed by atoms with Crippen molar-refractivity contribution in [1.29, 1.82) is 0 Å². The molecule has 1 aliphatic rings. The van der Waals surface area contributed by atoms with E-state index in [-0.39, 0.29) is 0 Å². The standard InChI is InChI=1S/C20H24BrNS/c1-4-19-18(13-20(21)23-19)16-5-7-17(8-6-16)22-11-9-15(10-12-22)14(2)3/h5-8,13,15H,2,4,9-12H2,1,3H3. The summed E-state index contributed by atoms with van der Waals surface area (Å²) in [6, 6.07) is 11.3. The van der Waals surface area contributed by atoms with E-state index in [0.717, 1.165) is 19.5 Å². The highest BCUT2D eigenvalue weighted by Gasteiger charge is 2.19. The summed E-state index contributed by atoms with van der Waals surface area (Å²) in [5.41, 5.74) is 5.39. The van der Waals surface area contributed by atoms with Crippen LogP contribution in [0.4, 0.5) is 5.69 Å². The summed E-state index contributed by atoms with van der Waals surface area (Å²) in [7, 11) is 0. The molecule has 0 N–H and O–H groups in total. The SMILES string of the molecule is C=C(C)C1CCN(c2ccc(-c3cc(Br)sc3CC)cc2)CC1. The molecule has 1 aromatic heterocycles. The summed E-state index contributed by atoms with van der Waals surface area (Å²) in [4.78, 5) is 3.96. The van der Waals surface area contributed by atoms with Gasteiger partial charge in [0, 0.05) is 23.7 Å². The predicted octanol–water partition coefficient (Wildman–Crippen LogP) is 6.53. The predicted molar refractivity (Wildman–Crippen MR) is 107 cm³/mol. The number of thiophene rings is 1. The molecule has 2 aromatic rings. The minimum Gasteiger partial charge on any atom is -0.371 e. The van der Waals surface area contributed by atoms with Gasteiger partial charge in [0.05, 0.1) is 3.79 Å². The van der Waals surface area contributed by atoms with E-state index in [9.17, 15) is 0 Å². The van der Waals surface area contributed by atoms with Crippen molar-refractivity contribution in [1.82, 2.24) is 0 Å². The Balaban J connectivity index is 1.74. The average Bonchev–Trinajstić information content (AvgIpc) is 2.96. The van der Waals surface area contributed by atoms with Gasteiger partial charge in [-0.3, -0.25) is 0 Å². The number of halogens is 1. The number of anilines is 1. The van der Waals surface area contributed by atoms with Crippen molar-refractivity contribution in [2.24, 2.45) is 5.92 Å². The van der Waals surface area contributed by atoms with Gasteiger partial charge in [-0.15, -0.1) is 11.3 Å². The number of hydrogen-bond donors (Lipinski definition) is 0. The molecule has 0 radical (unpaired) electrons. The van der Waals surface area contributed by atoms with Crippen LogP contribution in [0.1, 0.15) is 31.6 Å². The van der Waals surface area contributed by atoms with E-state index in [4.69, 9.17) is 0 Å². The first-order valence-electron chi connectivity index (χ1n) is 8.37. The topological polar surface area (TPSA) is 3.24 Å². The highest BCUT2D eigenvalue weighted by atomic mass is 79.9. The van der Waals surface area contributed by atoms with E-state index in [1.807, 2.05) is 11.3 Å². The maximum Gasteiger partial charge on any atom is 0.0707 e. The van der Waals surface area contributed by atoms with E-state index >= 15 is 0 Å². The second-order valence-corrected chi connectivity index (χ2v) is 8.91. The number of piperidine rings is 1. The lowest BCUT2D eigenvalue weighted by Crippen LogP contribution is -2.33. The molecule has 0 bridgehead atoms. The molecule has 1 aliphatic heterocycles. The first kappa shape index (κ1) is 16.8. The van der Waals surface area contributed by atoms with Crippen LogP contribution in [0.2, 0.25) is 0 Å². The maximum atomic E-state index is 4.12. The molecular weight excluding hydrogens is 366 g/mol. The zero-order chi connectivity index (χ0) is 16.4. The highest BCUT2D eigenvalue weighted by molar-refractivity contribution is 9.11. The molecule has 1 aromatic carbocycles. The smallest absolute Gasteiger partial charge is 0.0707 e. The highest BCUT2D eigenvalue weighted by Crippen LogP contribution is 2.36. The normalized spacial score (nSPS) is 15.9. The third-order valence-corrected chi connectivity index (χ3v) is 6.62. The van der Waals surface area contributed by atoms with Gasteiger partial charge in [-0.1, -0.05) is 31.2 Å². The maximum absolute atomic E-state index is 4.12. The van der Waals surface area contributed by atoms with Crippen LogP contribution >= 0.6 is 27.3 Å². The Hall–Kier alpha value is -1.06. The second kappa shape index (κ2) is 7.23. The zero-order valence-electron chi connectivity index (χ0n) is 13.9. The molecule has 0 aliphatic carbocycles. The van der Waals surface area contributed by atoms with Gasteiger partial charge in [0.2, 0.25) is 0 Å². The summed E-state index contributed by atoms with van der Waals surface area (Å²) in [5, 5.41) is 0. The molecule has 0 atom stereocenters. The molecule has 1 saturated heterocycles. The van der Waals surface area contributed by atoms with Gasteiger partial charge in [0.15, 0.2) is 0 Å². The van der Waals surface area contributed by atoms with Crippen LogP contribution in [0.25, 0.3) is 11.1 Å². The number of rotatable bonds is 4. The molecule has 1 nitrogen and oxygen atoms in total. The number of benzene rings is 1. The van der Waals surface area contributed by atoms with Crippen LogP contribution in [0.15, 0.2) is 46.3 Å². The summed E-state index contributed by atoms with van der Waals surface area (Å²) in [6.07, 6.45) is 3.55. The molecule has 0 amide bonds. The van der Waals surface area contributed by atoms with Crippen LogP contribution in [0.3, 0.4) is 0 Å². The zero-order valence-corrected chi connectivity index (χ0v) is 16.3. The fourth-order valence-electron chi connectivity index (χ4n) is 3.39. The van der Waals surface area contributed by atoms with Gasteiger partial charge in [0.1, 0.15) is 0 Å². The van der Waals surface area contributed by atoms with Crippen LogP contribution in [0.5, 0.6) is 0 Å². The molecule has 0 saturated carbocycles.